The minimum atomic E-state index is -4.49. The van der Waals surface area contributed by atoms with Crippen LogP contribution in [0.1, 0.15) is 12.5 Å². The number of benzene rings is 2. The smallest absolute Gasteiger partial charge is 0.416 e. The number of alkyl halides is 3. The van der Waals surface area contributed by atoms with Gasteiger partial charge in [-0.3, -0.25) is 4.79 Å². The molecule has 2 rings (SSSR count). The number of hydrogen-bond acceptors (Lipinski definition) is 4. The molecule has 0 spiro atoms. The summed E-state index contributed by atoms with van der Waals surface area (Å²) in [5.41, 5.74) is -0.263. The van der Waals surface area contributed by atoms with Crippen LogP contribution in [0.15, 0.2) is 42.5 Å². The van der Waals surface area contributed by atoms with Crippen molar-refractivity contribution in [1.82, 2.24) is 0 Å². The van der Waals surface area contributed by atoms with Gasteiger partial charge in [0.25, 0.3) is 0 Å². The number of para-hydroxylation sites is 2. The third-order valence-corrected chi connectivity index (χ3v) is 3.43. The minimum absolute atomic E-state index is 0.0943. The molecular formula is C18H19F3N2O3. The third kappa shape index (κ3) is 5.05. The Morgan fingerprint density at radius 2 is 1.81 bits per heavy atom. The fourth-order valence-electron chi connectivity index (χ4n) is 2.24. The van der Waals surface area contributed by atoms with Gasteiger partial charge in [-0.25, -0.2) is 0 Å². The number of rotatable bonds is 7. The first-order valence-corrected chi connectivity index (χ1v) is 7.86. The van der Waals surface area contributed by atoms with Crippen LogP contribution in [-0.2, 0) is 11.0 Å². The lowest BCUT2D eigenvalue weighted by Crippen LogP contribution is -2.22. The number of hydrogen-bond donors (Lipinski definition) is 2. The van der Waals surface area contributed by atoms with Crippen LogP contribution < -0.4 is 20.1 Å². The first kappa shape index (κ1) is 19.4. The zero-order valence-electron chi connectivity index (χ0n) is 14.3. The van der Waals surface area contributed by atoms with Gasteiger partial charge in [0.2, 0.25) is 5.91 Å². The molecule has 0 aliphatic rings. The second-order valence-corrected chi connectivity index (χ2v) is 5.24. The molecule has 140 valence electrons. The van der Waals surface area contributed by atoms with Gasteiger partial charge in [-0.1, -0.05) is 12.1 Å². The molecule has 2 aromatic carbocycles. The molecule has 2 N–H and O–H groups in total. The summed E-state index contributed by atoms with van der Waals surface area (Å²) in [7, 11) is 1.47. The SMILES string of the molecule is CCOc1ccc(C(F)(F)F)cc1NCC(=O)Nc1ccccc1OC. The van der Waals surface area contributed by atoms with Gasteiger partial charge in [0.05, 0.1) is 37.2 Å². The summed E-state index contributed by atoms with van der Waals surface area (Å²) < 4.78 is 49.1. The van der Waals surface area contributed by atoms with Gasteiger partial charge in [0, 0.05) is 0 Å². The zero-order chi connectivity index (χ0) is 19.2. The molecule has 8 heteroatoms. The number of carbonyl (C=O) groups excluding carboxylic acids is 1. The largest absolute Gasteiger partial charge is 0.495 e. The van der Waals surface area contributed by atoms with E-state index in [0.29, 0.717) is 11.4 Å². The van der Waals surface area contributed by atoms with E-state index in [1.807, 2.05) is 0 Å². The molecule has 0 aliphatic heterocycles. The normalized spacial score (nSPS) is 11.0. The summed E-state index contributed by atoms with van der Waals surface area (Å²) in [6, 6.07) is 9.91. The van der Waals surface area contributed by atoms with Gasteiger partial charge in [0.15, 0.2) is 0 Å². The maximum atomic E-state index is 12.9. The molecule has 0 bridgehead atoms. The molecule has 2 aromatic rings. The lowest BCUT2D eigenvalue weighted by atomic mass is 10.1. The number of anilines is 2. The van der Waals surface area contributed by atoms with Crippen molar-refractivity contribution in [2.24, 2.45) is 0 Å². The molecule has 0 saturated heterocycles. The van der Waals surface area contributed by atoms with Gasteiger partial charge in [0.1, 0.15) is 11.5 Å². The van der Waals surface area contributed by atoms with Crippen LogP contribution in [0.25, 0.3) is 0 Å². The van der Waals surface area contributed by atoms with Crippen molar-refractivity contribution < 1.29 is 27.4 Å². The van der Waals surface area contributed by atoms with E-state index in [1.165, 1.54) is 13.2 Å². The second kappa shape index (κ2) is 8.46. The monoisotopic (exact) mass is 368 g/mol. The van der Waals surface area contributed by atoms with E-state index >= 15 is 0 Å². The Morgan fingerprint density at radius 1 is 1.08 bits per heavy atom. The molecule has 0 fully saturated rings. The molecule has 5 nitrogen and oxygen atoms in total. The highest BCUT2D eigenvalue weighted by Gasteiger charge is 2.31. The predicted octanol–water partition coefficient (Wildman–Crippen LogP) is 4.16. The Balaban J connectivity index is 2.10. The average molecular weight is 368 g/mol. The molecule has 0 heterocycles. The molecule has 0 unspecified atom stereocenters. The summed E-state index contributed by atoms with van der Waals surface area (Å²) in [6.07, 6.45) is -4.49. The second-order valence-electron chi connectivity index (χ2n) is 5.24. The van der Waals surface area contributed by atoms with Crippen LogP contribution in [-0.4, -0.2) is 26.2 Å². The predicted molar refractivity (Wildman–Crippen MR) is 92.7 cm³/mol. The Hall–Kier alpha value is -2.90. The van der Waals surface area contributed by atoms with E-state index in [2.05, 4.69) is 10.6 Å². The maximum absolute atomic E-state index is 12.9. The summed E-state index contributed by atoms with van der Waals surface area (Å²) in [4.78, 5) is 12.1. The number of ether oxygens (including phenoxy) is 2. The standard InChI is InChI=1S/C18H19F3N2O3/c1-3-26-16-9-8-12(18(19,20)21)10-14(16)22-11-17(24)23-13-6-4-5-7-15(13)25-2/h4-10,22H,3,11H2,1-2H3,(H,23,24). The van der Waals surface area contributed by atoms with Crippen molar-refractivity contribution >= 4 is 17.3 Å². The number of amides is 1. The molecule has 0 radical (unpaired) electrons. The van der Waals surface area contributed by atoms with Gasteiger partial charge >= 0.3 is 6.18 Å². The quantitative estimate of drug-likeness (QED) is 0.770. The van der Waals surface area contributed by atoms with Crippen LogP contribution in [0.5, 0.6) is 11.5 Å². The summed E-state index contributed by atoms with van der Waals surface area (Å²) in [5.74, 6) is 0.287. The number of halogens is 3. The van der Waals surface area contributed by atoms with E-state index in [4.69, 9.17) is 9.47 Å². The van der Waals surface area contributed by atoms with Crippen molar-refractivity contribution in [1.29, 1.82) is 0 Å². The fourth-order valence-corrected chi connectivity index (χ4v) is 2.24. The van der Waals surface area contributed by atoms with Crippen LogP contribution in [0.2, 0.25) is 0 Å². The fraction of sp³-hybridized carbons (Fsp3) is 0.278. The van der Waals surface area contributed by atoms with E-state index in [9.17, 15) is 18.0 Å². The molecular weight excluding hydrogens is 349 g/mol. The van der Waals surface area contributed by atoms with Gasteiger partial charge in [-0.2, -0.15) is 13.2 Å². The maximum Gasteiger partial charge on any atom is 0.416 e. The van der Waals surface area contributed by atoms with Crippen molar-refractivity contribution in [2.75, 3.05) is 30.9 Å². The van der Waals surface area contributed by atoms with Crippen LogP contribution in [0, 0.1) is 0 Å². The lowest BCUT2D eigenvalue weighted by molar-refractivity contribution is -0.137. The first-order chi connectivity index (χ1) is 12.3. The van der Waals surface area contributed by atoms with E-state index in [1.54, 1.807) is 31.2 Å². The molecule has 0 aliphatic carbocycles. The number of nitrogens with one attached hydrogen (secondary N) is 2. The highest BCUT2D eigenvalue weighted by Crippen LogP contribution is 2.35. The Morgan fingerprint density at radius 3 is 2.46 bits per heavy atom. The third-order valence-electron chi connectivity index (χ3n) is 3.43. The topological polar surface area (TPSA) is 59.6 Å². The molecule has 0 atom stereocenters. The Bertz CT molecular complexity index is 764. The van der Waals surface area contributed by atoms with Crippen molar-refractivity contribution in [2.45, 2.75) is 13.1 Å². The highest BCUT2D eigenvalue weighted by atomic mass is 19.4. The van der Waals surface area contributed by atoms with Crippen LogP contribution in [0.3, 0.4) is 0 Å². The van der Waals surface area contributed by atoms with Crippen LogP contribution in [0.4, 0.5) is 24.5 Å². The minimum Gasteiger partial charge on any atom is -0.495 e. The summed E-state index contributed by atoms with van der Waals surface area (Å²) in [5, 5.41) is 5.33. The zero-order valence-corrected chi connectivity index (χ0v) is 14.3. The van der Waals surface area contributed by atoms with Gasteiger partial charge in [-0.05, 0) is 37.3 Å². The summed E-state index contributed by atoms with van der Waals surface area (Å²) in [6.45, 7) is 1.77. The number of methoxy groups -OCH3 is 1. The summed E-state index contributed by atoms with van der Waals surface area (Å²) >= 11 is 0. The van der Waals surface area contributed by atoms with Crippen LogP contribution >= 0.6 is 0 Å². The molecule has 0 saturated carbocycles. The van der Waals surface area contributed by atoms with E-state index < -0.39 is 17.6 Å². The molecule has 1 amide bonds. The molecule has 0 aromatic heterocycles. The van der Waals surface area contributed by atoms with Gasteiger partial charge in [-0.15, -0.1) is 0 Å². The van der Waals surface area contributed by atoms with E-state index in [0.717, 1.165) is 12.1 Å². The first-order valence-electron chi connectivity index (χ1n) is 7.86. The molecule has 26 heavy (non-hydrogen) atoms. The van der Waals surface area contributed by atoms with Crippen molar-refractivity contribution in [3.05, 3.63) is 48.0 Å². The average Bonchev–Trinajstić information content (AvgIpc) is 2.60. The Labute approximate surface area is 149 Å². The highest BCUT2D eigenvalue weighted by molar-refractivity contribution is 5.95. The van der Waals surface area contributed by atoms with Crippen molar-refractivity contribution in [3.63, 3.8) is 0 Å². The van der Waals surface area contributed by atoms with Crippen molar-refractivity contribution in [3.8, 4) is 11.5 Å². The van der Waals surface area contributed by atoms with Gasteiger partial charge < -0.3 is 20.1 Å². The lowest BCUT2D eigenvalue weighted by Gasteiger charge is -2.15. The Kier molecular flexibility index (Phi) is 6.32. The van der Waals surface area contributed by atoms with E-state index in [-0.39, 0.29) is 24.6 Å². The number of carbonyl (C=O) groups is 1.